The lowest BCUT2D eigenvalue weighted by molar-refractivity contribution is -0.154. The minimum absolute atomic E-state index is 0.00367. The number of hydrogen-bond acceptors (Lipinski definition) is 8. The maximum Gasteiger partial charge on any atom is 0.304 e. The number of β-lactam (4-membered cyclic amide) rings is 1. The summed E-state index contributed by atoms with van der Waals surface area (Å²) in [5, 5.41) is 11.2. The number of anilines is 2. The highest BCUT2D eigenvalue weighted by molar-refractivity contribution is 6.91. The molecule has 1 unspecified atom stereocenters. The van der Waals surface area contributed by atoms with Gasteiger partial charge in [0.05, 0.1) is 53.0 Å². The van der Waals surface area contributed by atoms with Gasteiger partial charge in [0.25, 0.3) is 5.91 Å². The number of methoxy groups -OCH3 is 1. The molecular weight excluding hydrogens is 727 g/mol. The average Bonchev–Trinajstić information content (AvgIpc) is 3.60. The van der Waals surface area contributed by atoms with Gasteiger partial charge in [-0.15, -0.1) is 0 Å². The number of amides is 3. The lowest BCUT2D eigenvalue weighted by Crippen LogP contribution is -2.55. The van der Waals surface area contributed by atoms with E-state index in [4.69, 9.17) is 14.2 Å². The fourth-order valence-corrected chi connectivity index (χ4v) is 13.1. The molecule has 4 aromatic carbocycles. The maximum absolute atomic E-state index is 15.4. The van der Waals surface area contributed by atoms with Crippen LogP contribution in [0, 0.1) is 5.92 Å². The van der Waals surface area contributed by atoms with Gasteiger partial charge in [0, 0.05) is 37.2 Å². The summed E-state index contributed by atoms with van der Waals surface area (Å²) < 4.78 is 18.2. The number of fused-ring (bicyclic) bond motifs is 2. The molecule has 2 saturated heterocycles. The first-order valence-electron chi connectivity index (χ1n) is 19.1. The number of nitrogens with zero attached hydrogens (tertiary/aromatic N) is 3. The Balaban J connectivity index is 1.34. The first kappa shape index (κ1) is 39.0. The third-order valence-electron chi connectivity index (χ3n) is 11.8. The number of esters is 1. The van der Waals surface area contributed by atoms with Crippen molar-refractivity contribution >= 4 is 48.3 Å². The molecule has 1 spiro atoms. The molecule has 56 heavy (non-hydrogen) atoms. The van der Waals surface area contributed by atoms with E-state index in [2.05, 4.69) is 32.2 Å². The Bertz CT molecular complexity index is 2100. The molecule has 292 valence electrons. The van der Waals surface area contributed by atoms with Gasteiger partial charge in [0.15, 0.2) is 11.8 Å². The number of hydrogen-bond donors (Lipinski definition) is 1. The largest absolute Gasteiger partial charge is 0.497 e. The van der Waals surface area contributed by atoms with Crippen molar-refractivity contribution in [3.05, 3.63) is 120 Å². The van der Waals surface area contributed by atoms with Crippen molar-refractivity contribution in [3.63, 3.8) is 0 Å². The normalized spacial score (nSPS) is 22.9. The van der Waals surface area contributed by atoms with Crippen molar-refractivity contribution in [1.82, 2.24) is 4.90 Å². The van der Waals surface area contributed by atoms with Gasteiger partial charge >= 0.3 is 5.97 Å². The summed E-state index contributed by atoms with van der Waals surface area (Å²) in [6, 6.07) is 32.9. The molecule has 0 aliphatic carbocycles. The summed E-state index contributed by atoms with van der Waals surface area (Å²) in [6.07, 6.45) is -1.37. The Hall–Kier alpha value is -5.30. The topological polar surface area (TPSA) is 126 Å². The zero-order chi connectivity index (χ0) is 39.8. The molecule has 2 fully saturated rings. The van der Waals surface area contributed by atoms with E-state index in [-0.39, 0.29) is 55.8 Å². The van der Waals surface area contributed by atoms with Crippen LogP contribution in [0.5, 0.6) is 5.75 Å². The van der Waals surface area contributed by atoms with Crippen LogP contribution in [-0.2, 0) is 47.3 Å². The molecule has 4 aromatic rings. The monoisotopic (exact) mass is 775 g/mol. The van der Waals surface area contributed by atoms with E-state index < -0.39 is 37.9 Å². The zero-order valence-electron chi connectivity index (χ0n) is 32.5. The third kappa shape index (κ3) is 7.01. The van der Waals surface area contributed by atoms with Crippen molar-refractivity contribution in [3.8, 4) is 5.75 Å². The summed E-state index contributed by atoms with van der Waals surface area (Å²) in [7, 11) is -0.979. The van der Waals surface area contributed by atoms with E-state index in [0.717, 1.165) is 22.1 Å². The van der Waals surface area contributed by atoms with E-state index in [0.29, 0.717) is 23.5 Å². The predicted octanol–water partition coefficient (Wildman–Crippen LogP) is 5.50. The predicted molar refractivity (Wildman–Crippen MR) is 215 cm³/mol. The Morgan fingerprint density at radius 2 is 1.61 bits per heavy atom. The van der Waals surface area contributed by atoms with Crippen molar-refractivity contribution in [1.29, 1.82) is 0 Å². The van der Waals surface area contributed by atoms with Gasteiger partial charge in [-0.2, -0.15) is 0 Å². The molecular formula is C44H49N3O8Si. The Labute approximate surface area is 328 Å². The molecule has 0 saturated carbocycles. The Morgan fingerprint density at radius 3 is 2.21 bits per heavy atom. The molecule has 5 atom stereocenters. The summed E-state index contributed by atoms with van der Waals surface area (Å²) in [5.41, 5.74) is 1.90. The van der Waals surface area contributed by atoms with Crippen LogP contribution >= 0.6 is 0 Å². The maximum atomic E-state index is 15.4. The summed E-state index contributed by atoms with van der Waals surface area (Å²) in [4.78, 5) is 59.6. The van der Waals surface area contributed by atoms with Crippen molar-refractivity contribution in [2.75, 3.05) is 30.1 Å². The molecule has 11 nitrogen and oxygen atoms in total. The second-order valence-electron chi connectivity index (χ2n) is 15.5. The highest BCUT2D eigenvalue weighted by Crippen LogP contribution is 2.60. The molecule has 7 rings (SSSR count). The molecule has 0 aromatic heterocycles. The van der Waals surface area contributed by atoms with Crippen LogP contribution in [0.2, 0.25) is 18.6 Å². The lowest BCUT2D eigenvalue weighted by atomic mass is 9.82. The van der Waals surface area contributed by atoms with Crippen LogP contribution < -0.4 is 19.7 Å². The summed E-state index contributed by atoms with van der Waals surface area (Å²) in [5.74, 6) is -0.794. The van der Waals surface area contributed by atoms with E-state index in [1.54, 1.807) is 23.0 Å². The second-order valence-corrected chi connectivity index (χ2v) is 20.2. The van der Waals surface area contributed by atoms with Crippen LogP contribution in [0.3, 0.4) is 0 Å². The molecule has 0 radical (unpaired) electrons. The van der Waals surface area contributed by atoms with Crippen LogP contribution in [0.25, 0.3) is 0 Å². The first-order valence-corrected chi connectivity index (χ1v) is 22.2. The second kappa shape index (κ2) is 15.7. The molecule has 1 N–H and O–H groups in total. The fourth-order valence-electron chi connectivity index (χ4n) is 9.08. The highest BCUT2D eigenvalue weighted by atomic mass is 28.3. The minimum Gasteiger partial charge on any atom is -0.497 e. The number of rotatable bonds is 13. The van der Waals surface area contributed by atoms with Gasteiger partial charge in [0.2, 0.25) is 11.8 Å². The molecule has 12 heteroatoms. The number of aliphatic hydroxyl groups excluding tert-OH is 1. The number of aliphatic hydroxyl groups is 1. The summed E-state index contributed by atoms with van der Waals surface area (Å²) in [6.45, 7) is 8.43. The van der Waals surface area contributed by atoms with Gasteiger partial charge in [-0.3, -0.25) is 24.1 Å². The zero-order valence-corrected chi connectivity index (χ0v) is 33.5. The molecule has 3 amide bonds. The van der Waals surface area contributed by atoms with Crippen molar-refractivity contribution in [2.24, 2.45) is 5.92 Å². The van der Waals surface area contributed by atoms with Crippen LogP contribution in [0.15, 0.2) is 103 Å². The average molecular weight is 776 g/mol. The smallest absolute Gasteiger partial charge is 0.304 e. The van der Waals surface area contributed by atoms with E-state index >= 15 is 4.79 Å². The number of carbonyl (C=O) groups is 4. The highest BCUT2D eigenvalue weighted by Gasteiger charge is 2.66. The van der Waals surface area contributed by atoms with Gasteiger partial charge in [-0.25, -0.2) is 0 Å². The first-order chi connectivity index (χ1) is 26.9. The SMILES string of the molecule is COc1ccc([Si](C)(C)[C@H]2[C@H](CC(=O)N(CCO)Cc3ccccc3)O[C@@]3(C(=O)N(Cc4ccccc4)c4ccc(N5C(=O)CC5OC(C)=O)cc43)[C@@H]2C)cc1. The third-order valence-corrected chi connectivity index (χ3v) is 16.2. The van der Waals surface area contributed by atoms with Crippen LogP contribution in [-0.4, -0.2) is 74.4 Å². The number of benzene rings is 4. The minimum atomic E-state index is -2.61. The van der Waals surface area contributed by atoms with Crippen molar-refractivity contribution in [2.45, 2.75) is 76.3 Å². The molecule has 3 heterocycles. The van der Waals surface area contributed by atoms with Crippen molar-refractivity contribution < 1.29 is 38.5 Å². The standard InChI is InChI=1S/C44H49N3O8Si/c1-29-42(56(4,5)35-19-17-34(53-3)18-20-35)38(25-39(50)45(22-23-48)27-31-12-8-6-9-13-31)55-44(29)36-24-33(47-40(51)26-41(47)54-30(2)49)16-21-37(36)46(43(44)52)28-32-14-10-7-11-15-32/h6-21,24,29,38,41-42,48H,22-23,25-28H2,1-5H3/t29-,38+,41?,42-,44+/m1/s1. The van der Waals surface area contributed by atoms with E-state index in [1.807, 2.05) is 84.9 Å². The van der Waals surface area contributed by atoms with Crippen LogP contribution in [0.4, 0.5) is 11.4 Å². The summed E-state index contributed by atoms with van der Waals surface area (Å²) >= 11 is 0. The molecule has 3 aliphatic rings. The van der Waals surface area contributed by atoms with E-state index in [1.165, 1.54) is 11.8 Å². The lowest BCUT2D eigenvalue weighted by Gasteiger charge is -2.39. The molecule has 3 aliphatic heterocycles. The Morgan fingerprint density at radius 1 is 0.946 bits per heavy atom. The number of ether oxygens (including phenoxy) is 3. The Kier molecular flexibility index (Phi) is 10.9. The van der Waals surface area contributed by atoms with Crippen LogP contribution in [0.1, 0.15) is 43.4 Å². The van der Waals surface area contributed by atoms with Gasteiger partial charge in [-0.1, -0.05) is 98.0 Å². The number of carbonyl (C=O) groups excluding carboxylic acids is 4. The molecule has 0 bridgehead atoms. The van der Waals surface area contributed by atoms with Gasteiger partial charge in [-0.05, 0) is 47.0 Å². The van der Waals surface area contributed by atoms with E-state index in [9.17, 15) is 19.5 Å². The quantitative estimate of drug-likeness (QED) is 0.107. The van der Waals surface area contributed by atoms with Gasteiger partial charge < -0.3 is 29.1 Å². The van der Waals surface area contributed by atoms with Gasteiger partial charge in [0.1, 0.15) is 5.75 Å². The fraction of sp³-hybridized carbons (Fsp3) is 0.364.